The molecule has 4 aromatic rings. The maximum atomic E-state index is 13.6. The molecule has 0 unspecified atom stereocenters. The molecule has 4 aromatic heterocycles. The van der Waals surface area contributed by atoms with Crippen molar-refractivity contribution in [2.75, 3.05) is 32.7 Å². The number of sulfonamides is 1. The Hall–Kier alpha value is -3.75. The van der Waals surface area contributed by atoms with Crippen LogP contribution in [0.2, 0.25) is 0 Å². The average molecular weight is 582 g/mol. The van der Waals surface area contributed by atoms with E-state index in [2.05, 4.69) is 37.1 Å². The Kier molecular flexibility index (Phi) is 8.42. The molecule has 13 nitrogen and oxygen atoms in total. The Bertz CT molecular complexity index is 1680. The number of hydrogen-bond acceptors (Lipinski definition) is 10. The van der Waals surface area contributed by atoms with Crippen molar-refractivity contribution >= 4 is 21.1 Å². The average Bonchev–Trinajstić information content (AvgIpc) is 3.30. The van der Waals surface area contributed by atoms with Crippen LogP contribution in [-0.4, -0.2) is 91.4 Å². The Morgan fingerprint density at radius 2 is 1.90 bits per heavy atom. The summed E-state index contributed by atoms with van der Waals surface area (Å²) in [5.41, 5.74) is 1.95. The fourth-order valence-corrected chi connectivity index (χ4v) is 6.27. The van der Waals surface area contributed by atoms with Crippen molar-refractivity contribution < 1.29 is 13.2 Å². The first-order chi connectivity index (χ1) is 19.7. The quantitative estimate of drug-likeness (QED) is 0.295. The van der Waals surface area contributed by atoms with Gasteiger partial charge in [0.25, 0.3) is 5.56 Å². The number of rotatable bonds is 10. The maximum Gasteiger partial charge on any atom is 0.279 e. The molecule has 0 saturated carbocycles. The van der Waals surface area contributed by atoms with Crippen LogP contribution in [-0.2, 0) is 23.0 Å². The van der Waals surface area contributed by atoms with E-state index in [0.717, 1.165) is 18.7 Å². The molecule has 41 heavy (non-hydrogen) atoms. The lowest BCUT2D eigenvalue weighted by Gasteiger charge is -2.33. The number of ether oxygens (including phenoxy) is 1. The minimum atomic E-state index is -3.83. The van der Waals surface area contributed by atoms with E-state index in [0.29, 0.717) is 50.4 Å². The van der Waals surface area contributed by atoms with Crippen molar-refractivity contribution in [1.82, 2.24) is 44.1 Å². The van der Waals surface area contributed by atoms with Crippen molar-refractivity contribution in [1.29, 1.82) is 0 Å². The minimum absolute atomic E-state index is 0.0171. The zero-order valence-electron chi connectivity index (χ0n) is 23.7. The van der Waals surface area contributed by atoms with E-state index in [9.17, 15) is 13.2 Å². The molecule has 1 aliphatic rings. The number of hydrogen-bond donors (Lipinski definition) is 1. The van der Waals surface area contributed by atoms with Crippen LogP contribution in [0.25, 0.3) is 22.4 Å². The second-order valence-corrected chi connectivity index (χ2v) is 12.1. The fourth-order valence-electron chi connectivity index (χ4n) is 4.87. The summed E-state index contributed by atoms with van der Waals surface area (Å²) < 4.78 is 36.3. The van der Waals surface area contributed by atoms with Crippen LogP contribution in [0.15, 0.2) is 40.3 Å². The molecule has 1 N–H and O–H groups in total. The van der Waals surface area contributed by atoms with Gasteiger partial charge in [0.15, 0.2) is 5.52 Å². The van der Waals surface area contributed by atoms with Crippen molar-refractivity contribution in [2.24, 2.45) is 0 Å². The number of aromatic nitrogens is 7. The molecule has 1 aliphatic heterocycles. The highest BCUT2D eigenvalue weighted by atomic mass is 32.2. The van der Waals surface area contributed by atoms with E-state index in [1.54, 1.807) is 16.9 Å². The number of piperazine rings is 1. The molecular formula is C27H35N9O4S. The van der Waals surface area contributed by atoms with Crippen LogP contribution in [0.5, 0.6) is 5.88 Å². The molecule has 1 saturated heterocycles. The van der Waals surface area contributed by atoms with Crippen LogP contribution in [0.4, 0.5) is 0 Å². The number of nitrogens with zero attached hydrogens (tertiary/aromatic N) is 8. The lowest BCUT2D eigenvalue weighted by molar-refractivity contribution is 0.196. The Morgan fingerprint density at radius 3 is 2.56 bits per heavy atom. The van der Waals surface area contributed by atoms with Gasteiger partial charge in [-0.25, -0.2) is 18.4 Å². The first-order valence-corrected chi connectivity index (χ1v) is 15.3. The van der Waals surface area contributed by atoms with E-state index in [4.69, 9.17) is 9.72 Å². The number of fused-ring (bicyclic) bond motifs is 1. The third-order valence-electron chi connectivity index (χ3n) is 6.97. The first-order valence-electron chi connectivity index (χ1n) is 13.9. The summed E-state index contributed by atoms with van der Waals surface area (Å²) in [6.07, 6.45) is 4.08. The van der Waals surface area contributed by atoms with Gasteiger partial charge in [-0.15, -0.1) is 0 Å². The van der Waals surface area contributed by atoms with Gasteiger partial charge in [0.1, 0.15) is 16.2 Å². The van der Waals surface area contributed by atoms with Crippen LogP contribution >= 0.6 is 0 Å². The highest BCUT2D eigenvalue weighted by Gasteiger charge is 2.30. The van der Waals surface area contributed by atoms with Gasteiger partial charge in [-0.2, -0.15) is 19.6 Å². The van der Waals surface area contributed by atoms with Gasteiger partial charge in [0, 0.05) is 32.4 Å². The maximum absolute atomic E-state index is 13.6. The molecule has 0 aliphatic carbocycles. The second-order valence-electron chi connectivity index (χ2n) is 10.2. The molecule has 0 aromatic carbocycles. The SMILES string of the molecule is CCCc1c2nc(-c3cc(S(=O)(=O)N4CCN(CC)CC4)cnc3OC(C)C)[nH]c(=O)c2nn1Cc1cccnn1. The van der Waals surface area contributed by atoms with Crippen molar-refractivity contribution in [2.45, 2.75) is 58.1 Å². The number of pyridine rings is 1. The van der Waals surface area contributed by atoms with Gasteiger partial charge in [0.2, 0.25) is 15.9 Å². The predicted molar refractivity (Wildman–Crippen MR) is 153 cm³/mol. The van der Waals surface area contributed by atoms with E-state index >= 15 is 0 Å². The van der Waals surface area contributed by atoms with E-state index < -0.39 is 15.6 Å². The summed E-state index contributed by atoms with van der Waals surface area (Å²) in [5.74, 6) is 0.344. The molecular weight excluding hydrogens is 546 g/mol. The zero-order chi connectivity index (χ0) is 29.1. The van der Waals surface area contributed by atoms with Gasteiger partial charge in [-0.1, -0.05) is 20.3 Å². The minimum Gasteiger partial charge on any atom is -0.474 e. The highest BCUT2D eigenvalue weighted by molar-refractivity contribution is 7.89. The molecule has 14 heteroatoms. The molecule has 0 radical (unpaired) electrons. The summed E-state index contributed by atoms with van der Waals surface area (Å²) in [7, 11) is -3.83. The summed E-state index contributed by atoms with van der Waals surface area (Å²) in [4.78, 5) is 27.5. The summed E-state index contributed by atoms with van der Waals surface area (Å²) in [5, 5.41) is 12.6. The number of likely N-dealkylation sites (N-methyl/N-ethyl adjacent to an activating group) is 1. The lowest BCUT2D eigenvalue weighted by Crippen LogP contribution is -2.48. The summed E-state index contributed by atoms with van der Waals surface area (Å²) >= 11 is 0. The third kappa shape index (κ3) is 5.99. The standard InChI is InChI=1S/C27H35N9O4S/c1-5-8-22-23-24(33-36(22)17-19-9-7-10-29-32-19)26(37)31-25(30-23)21-15-20(16-28-27(21)40-18(3)4)41(38,39)35-13-11-34(6-2)12-14-35/h7,9-10,15-16,18H,5-6,8,11-14,17H2,1-4H3,(H,30,31,37). The van der Waals surface area contributed by atoms with Gasteiger partial charge in [-0.05, 0) is 45.0 Å². The molecule has 0 bridgehead atoms. The Morgan fingerprint density at radius 1 is 1.12 bits per heavy atom. The highest BCUT2D eigenvalue weighted by Crippen LogP contribution is 2.31. The van der Waals surface area contributed by atoms with E-state index in [-0.39, 0.29) is 33.8 Å². The molecule has 0 atom stereocenters. The van der Waals surface area contributed by atoms with Crippen LogP contribution in [0.3, 0.4) is 0 Å². The summed E-state index contributed by atoms with van der Waals surface area (Å²) in [6, 6.07) is 5.12. The van der Waals surface area contributed by atoms with E-state index in [1.165, 1.54) is 16.6 Å². The van der Waals surface area contributed by atoms with Crippen LogP contribution in [0, 0.1) is 0 Å². The largest absolute Gasteiger partial charge is 0.474 e. The molecule has 0 spiro atoms. The monoisotopic (exact) mass is 581 g/mol. The normalized spacial score (nSPS) is 15.1. The van der Waals surface area contributed by atoms with Gasteiger partial charge >= 0.3 is 0 Å². The van der Waals surface area contributed by atoms with Crippen LogP contribution < -0.4 is 10.3 Å². The lowest BCUT2D eigenvalue weighted by atomic mass is 10.2. The predicted octanol–water partition coefficient (Wildman–Crippen LogP) is 2.09. The first kappa shape index (κ1) is 28.8. The van der Waals surface area contributed by atoms with Crippen molar-refractivity contribution in [3.05, 3.63) is 52.3 Å². The number of aromatic amines is 1. The molecule has 5 heterocycles. The van der Waals surface area contributed by atoms with Crippen LogP contribution in [0.1, 0.15) is 45.5 Å². The Balaban J connectivity index is 1.61. The number of H-pyrrole nitrogens is 1. The molecule has 5 rings (SSSR count). The second kappa shape index (κ2) is 12.0. The summed E-state index contributed by atoms with van der Waals surface area (Å²) in [6.45, 7) is 11.1. The Labute approximate surface area is 238 Å². The number of nitrogens with one attached hydrogen (secondary N) is 1. The van der Waals surface area contributed by atoms with Gasteiger partial charge < -0.3 is 14.6 Å². The topological polar surface area (TPSA) is 152 Å². The third-order valence-corrected chi connectivity index (χ3v) is 8.84. The smallest absolute Gasteiger partial charge is 0.279 e. The van der Waals surface area contributed by atoms with Crippen molar-refractivity contribution in [3.8, 4) is 17.3 Å². The molecule has 1 fully saturated rings. The zero-order valence-corrected chi connectivity index (χ0v) is 24.6. The fraction of sp³-hybridized carbons (Fsp3) is 0.481. The van der Waals surface area contributed by atoms with Gasteiger partial charge in [-0.3, -0.25) is 9.48 Å². The molecule has 218 valence electrons. The molecule has 0 amide bonds. The number of aryl methyl sites for hydroxylation is 1. The van der Waals surface area contributed by atoms with Crippen molar-refractivity contribution in [3.63, 3.8) is 0 Å². The van der Waals surface area contributed by atoms with E-state index in [1.807, 2.05) is 26.8 Å². The van der Waals surface area contributed by atoms with Gasteiger partial charge in [0.05, 0.1) is 35.8 Å².